The van der Waals surface area contributed by atoms with Crippen molar-refractivity contribution < 1.29 is 14.3 Å². The highest BCUT2D eigenvalue weighted by Gasteiger charge is 2.33. The highest BCUT2D eigenvalue weighted by atomic mass is 32.2. The minimum absolute atomic E-state index is 0.0476. The molecule has 3 aliphatic rings. The molecule has 4 nitrogen and oxygen atoms in total. The number of benzene rings is 1. The van der Waals surface area contributed by atoms with Crippen molar-refractivity contribution in [2.75, 3.05) is 44.6 Å². The molecule has 0 amide bonds. The lowest BCUT2D eigenvalue weighted by Crippen LogP contribution is -2.36. The molecular weight excluding hydrogens is 358 g/mol. The van der Waals surface area contributed by atoms with Gasteiger partial charge in [-0.15, -0.1) is 0 Å². The van der Waals surface area contributed by atoms with Gasteiger partial charge in [0, 0.05) is 29.8 Å². The first kappa shape index (κ1) is 18.6. The Hall–Kier alpha value is -1.72. The molecule has 0 aromatic heterocycles. The van der Waals surface area contributed by atoms with Gasteiger partial charge in [0.15, 0.2) is 5.78 Å². The number of anilines is 1. The summed E-state index contributed by atoms with van der Waals surface area (Å²) in [4.78, 5) is 15.3. The summed E-state index contributed by atoms with van der Waals surface area (Å²) in [5.41, 5.74) is 4.39. The van der Waals surface area contributed by atoms with Crippen molar-refractivity contribution in [2.24, 2.45) is 5.92 Å². The minimum Gasteiger partial charge on any atom is -0.495 e. The molecule has 1 aromatic rings. The Balaban J connectivity index is 1.53. The molecule has 0 bridgehead atoms. The van der Waals surface area contributed by atoms with Crippen LogP contribution in [-0.2, 0) is 11.2 Å². The molecule has 1 aliphatic heterocycles. The van der Waals surface area contributed by atoms with E-state index < -0.39 is 0 Å². The minimum atomic E-state index is 0.0476. The first-order valence-corrected chi connectivity index (χ1v) is 11.0. The van der Waals surface area contributed by atoms with E-state index in [0.29, 0.717) is 5.25 Å². The Morgan fingerprint density at radius 3 is 2.78 bits per heavy atom. The van der Waals surface area contributed by atoms with Crippen molar-refractivity contribution in [3.63, 3.8) is 0 Å². The van der Waals surface area contributed by atoms with Gasteiger partial charge in [-0.1, -0.05) is 23.8 Å². The van der Waals surface area contributed by atoms with E-state index in [-0.39, 0.29) is 11.7 Å². The summed E-state index contributed by atoms with van der Waals surface area (Å²) in [6.45, 7) is 3.19. The van der Waals surface area contributed by atoms with Gasteiger partial charge >= 0.3 is 0 Å². The van der Waals surface area contributed by atoms with E-state index in [0.717, 1.165) is 68.1 Å². The Morgan fingerprint density at radius 1 is 1.30 bits per heavy atom. The zero-order valence-electron chi connectivity index (χ0n) is 16.1. The fourth-order valence-corrected chi connectivity index (χ4v) is 4.75. The van der Waals surface area contributed by atoms with E-state index >= 15 is 0 Å². The van der Waals surface area contributed by atoms with Crippen molar-refractivity contribution in [3.05, 3.63) is 47.1 Å². The van der Waals surface area contributed by atoms with Crippen LogP contribution in [0.4, 0.5) is 5.69 Å². The number of thioether (sulfide) groups is 1. The number of carbonyl (C=O) groups is 1. The lowest BCUT2D eigenvalue weighted by molar-refractivity contribution is 0.0936. The number of hydrogen-bond acceptors (Lipinski definition) is 5. The maximum Gasteiger partial charge on any atom is 0.167 e. The molecule has 0 radical (unpaired) electrons. The molecule has 2 aliphatic carbocycles. The molecule has 1 saturated heterocycles. The molecule has 144 valence electrons. The molecule has 5 heteroatoms. The number of rotatable bonds is 5. The number of fused-ring (bicyclic) bond motifs is 1. The van der Waals surface area contributed by atoms with Crippen LogP contribution >= 0.6 is 11.8 Å². The molecule has 0 N–H and O–H groups in total. The molecule has 1 fully saturated rings. The van der Waals surface area contributed by atoms with E-state index in [1.165, 1.54) is 5.57 Å². The molecule has 2 unspecified atom stereocenters. The summed E-state index contributed by atoms with van der Waals surface area (Å²) < 4.78 is 11.1. The van der Waals surface area contributed by atoms with Gasteiger partial charge in [0.25, 0.3) is 0 Å². The number of ether oxygens (including phenoxy) is 2. The van der Waals surface area contributed by atoms with Crippen LogP contribution in [0, 0.1) is 5.92 Å². The van der Waals surface area contributed by atoms with Crippen LogP contribution in [0.1, 0.15) is 28.8 Å². The summed E-state index contributed by atoms with van der Waals surface area (Å²) in [6.07, 6.45) is 11.7. The third-order valence-corrected chi connectivity index (χ3v) is 6.74. The zero-order valence-corrected chi connectivity index (χ0v) is 16.9. The number of Topliss-reactive ketones (excluding diaryl/α,β-unsaturated/α-hetero) is 1. The number of carbonyl (C=O) groups excluding carboxylic acids is 1. The lowest BCUT2D eigenvalue weighted by Gasteiger charge is -2.30. The van der Waals surface area contributed by atoms with Crippen molar-refractivity contribution in [2.45, 2.75) is 24.5 Å². The maximum absolute atomic E-state index is 13.0. The number of morpholine rings is 1. The normalized spacial score (nSPS) is 24.7. The van der Waals surface area contributed by atoms with Crippen molar-refractivity contribution in [1.29, 1.82) is 0 Å². The van der Waals surface area contributed by atoms with Crippen molar-refractivity contribution in [3.8, 4) is 5.75 Å². The van der Waals surface area contributed by atoms with E-state index in [9.17, 15) is 4.79 Å². The fourth-order valence-electron chi connectivity index (χ4n) is 4.22. The molecule has 0 saturated carbocycles. The standard InChI is InChI=1S/C22H27NO3S/c1-25-21-14-19-16(13-20(21)23-7-9-26-10-8-23)12-17(22(19)24)11-15-3-5-18(27-2)6-4-15/h3-5,13-14,17-18H,6-12H2,1-2H3. The van der Waals surface area contributed by atoms with Gasteiger partial charge in [0.2, 0.25) is 0 Å². The zero-order chi connectivity index (χ0) is 18.8. The van der Waals surface area contributed by atoms with Crippen LogP contribution in [0.3, 0.4) is 0 Å². The van der Waals surface area contributed by atoms with E-state index in [4.69, 9.17) is 9.47 Å². The van der Waals surface area contributed by atoms with Gasteiger partial charge in [0.1, 0.15) is 5.75 Å². The average molecular weight is 386 g/mol. The number of nitrogens with zero attached hydrogens (tertiary/aromatic N) is 1. The Kier molecular flexibility index (Phi) is 5.60. The van der Waals surface area contributed by atoms with Gasteiger partial charge in [-0.2, -0.15) is 11.8 Å². The number of ketones is 1. The third-order valence-electron chi connectivity index (χ3n) is 5.78. The summed E-state index contributed by atoms with van der Waals surface area (Å²) >= 11 is 1.87. The van der Waals surface area contributed by atoms with Crippen molar-refractivity contribution >= 4 is 23.2 Å². The third kappa shape index (κ3) is 3.81. The molecule has 4 rings (SSSR count). The smallest absolute Gasteiger partial charge is 0.167 e. The molecular formula is C22H27NO3S. The summed E-state index contributed by atoms with van der Waals surface area (Å²) in [7, 11) is 1.68. The van der Waals surface area contributed by atoms with Crippen LogP contribution in [0.25, 0.3) is 0 Å². The Bertz CT molecular complexity index is 780. The van der Waals surface area contributed by atoms with Crippen LogP contribution in [0.2, 0.25) is 0 Å². The Labute approximate surface area is 165 Å². The molecule has 27 heavy (non-hydrogen) atoms. The van der Waals surface area contributed by atoms with Crippen LogP contribution < -0.4 is 9.64 Å². The topological polar surface area (TPSA) is 38.8 Å². The average Bonchev–Trinajstić information content (AvgIpc) is 3.03. The van der Waals surface area contributed by atoms with E-state index in [2.05, 4.69) is 35.5 Å². The van der Waals surface area contributed by atoms with Crippen LogP contribution in [0.5, 0.6) is 5.75 Å². The highest BCUT2D eigenvalue weighted by Crippen LogP contribution is 2.39. The lowest BCUT2D eigenvalue weighted by atomic mass is 9.93. The van der Waals surface area contributed by atoms with Gasteiger partial charge in [-0.05, 0) is 43.2 Å². The fraction of sp³-hybridized carbons (Fsp3) is 0.500. The SMILES string of the molecule is COc1cc2c(cc1N1CCOCC1)CC(CC1=CCC(SC)C=C1)C2=O. The van der Waals surface area contributed by atoms with Crippen LogP contribution in [-0.4, -0.2) is 50.7 Å². The second-order valence-corrected chi connectivity index (χ2v) is 8.47. The van der Waals surface area contributed by atoms with Crippen molar-refractivity contribution in [1.82, 2.24) is 0 Å². The Morgan fingerprint density at radius 2 is 2.11 bits per heavy atom. The first-order chi connectivity index (χ1) is 13.2. The van der Waals surface area contributed by atoms with Gasteiger partial charge in [-0.3, -0.25) is 4.79 Å². The molecule has 2 atom stereocenters. The van der Waals surface area contributed by atoms with Crippen LogP contribution in [0.15, 0.2) is 35.9 Å². The number of hydrogen-bond donors (Lipinski definition) is 0. The van der Waals surface area contributed by atoms with E-state index in [1.54, 1.807) is 7.11 Å². The highest BCUT2D eigenvalue weighted by molar-refractivity contribution is 7.99. The van der Waals surface area contributed by atoms with Gasteiger partial charge < -0.3 is 14.4 Å². The summed E-state index contributed by atoms with van der Waals surface area (Å²) in [5.74, 6) is 1.11. The number of methoxy groups -OCH3 is 1. The molecule has 0 spiro atoms. The largest absolute Gasteiger partial charge is 0.495 e. The second kappa shape index (κ2) is 8.11. The quantitative estimate of drug-likeness (QED) is 0.769. The predicted molar refractivity (Wildman–Crippen MR) is 111 cm³/mol. The molecule has 1 heterocycles. The molecule has 1 aromatic carbocycles. The van der Waals surface area contributed by atoms with Gasteiger partial charge in [-0.25, -0.2) is 0 Å². The second-order valence-electron chi connectivity index (χ2n) is 7.40. The predicted octanol–water partition coefficient (Wildman–Crippen LogP) is 3.89. The maximum atomic E-state index is 13.0. The van der Waals surface area contributed by atoms with E-state index in [1.807, 2.05) is 17.8 Å². The monoisotopic (exact) mass is 385 g/mol. The summed E-state index contributed by atoms with van der Waals surface area (Å²) in [5, 5.41) is 0.575. The number of allylic oxidation sites excluding steroid dienone is 3. The van der Waals surface area contributed by atoms with Gasteiger partial charge in [0.05, 0.1) is 26.0 Å². The first-order valence-electron chi connectivity index (χ1n) is 9.67. The summed E-state index contributed by atoms with van der Waals surface area (Å²) in [6, 6.07) is 4.13.